The second-order valence-corrected chi connectivity index (χ2v) is 4.29. The molecule has 15 heavy (non-hydrogen) atoms. The number of likely N-dealkylation sites (N-methyl/N-ethyl adjacent to an activating group) is 1. The van der Waals surface area contributed by atoms with E-state index < -0.39 is 0 Å². The summed E-state index contributed by atoms with van der Waals surface area (Å²) < 4.78 is 0. The molecule has 0 fully saturated rings. The minimum absolute atomic E-state index is 0.0312. The van der Waals surface area contributed by atoms with Crippen molar-refractivity contribution in [1.29, 1.82) is 0 Å². The molecule has 3 nitrogen and oxygen atoms in total. The van der Waals surface area contributed by atoms with Crippen molar-refractivity contribution in [2.75, 3.05) is 18.9 Å². The van der Waals surface area contributed by atoms with Gasteiger partial charge in [-0.25, -0.2) is 0 Å². The molecule has 82 valence electrons. The van der Waals surface area contributed by atoms with E-state index in [0.29, 0.717) is 0 Å². The van der Waals surface area contributed by atoms with Crippen molar-refractivity contribution in [2.24, 2.45) is 5.73 Å². The minimum atomic E-state index is 0.0312. The fraction of sp³-hybridized carbons (Fsp3) is 0.500. The highest BCUT2D eigenvalue weighted by molar-refractivity contribution is 5.54. The third-order valence-corrected chi connectivity index (χ3v) is 2.87. The Morgan fingerprint density at radius 2 is 2.33 bits per heavy atom. The molecule has 0 spiro atoms. The third kappa shape index (κ3) is 2.30. The van der Waals surface area contributed by atoms with Crippen molar-refractivity contribution < 1.29 is 0 Å². The largest absolute Gasteiger partial charge is 0.369 e. The Morgan fingerprint density at radius 1 is 1.53 bits per heavy atom. The van der Waals surface area contributed by atoms with Gasteiger partial charge in [0.25, 0.3) is 0 Å². The van der Waals surface area contributed by atoms with E-state index in [-0.39, 0.29) is 6.17 Å². The maximum Gasteiger partial charge on any atom is 0.0873 e. The Balaban J connectivity index is 2.33. The van der Waals surface area contributed by atoms with Crippen LogP contribution in [-0.2, 0) is 13.0 Å². The second-order valence-electron chi connectivity index (χ2n) is 4.29. The van der Waals surface area contributed by atoms with Crippen LogP contribution in [0.25, 0.3) is 0 Å². The lowest BCUT2D eigenvalue weighted by atomic mass is 10.1. The molecule has 0 amide bonds. The summed E-state index contributed by atoms with van der Waals surface area (Å²) in [6, 6.07) is 6.59. The smallest absolute Gasteiger partial charge is 0.0873 e. The maximum absolute atomic E-state index is 5.96. The van der Waals surface area contributed by atoms with Gasteiger partial charge >= 0.3 is 0 Å². The average molecular weight is 205 g/mol. The number of nitrogens with zero attached hydrogens (tertiary/aromatic N) is 1. The van der Waals surface area contributed by atoms with Crippen LogP contribution < -0.4 is 11.1 Å². The molecule has 1 aliphatic heterocycles. The average Bonchev–Trinajstić information content (AvgIpc) is 2.33. The molecule has 1 atom stereocenters. The number of nitrogens with two attached hydrogens (primary N) is 1. The summed E-state index contributed by atoms with van der Waals surface area (Å²) in [6.07, 6.45) is 1.12. The molecule has 0 saturated heterocycles. The molecule has 1 heterocycles. The van der Waals surface area contributed by atoms with Crippen LogP contribution >= 0.6 is 0 Å². The quantitative estimate of drug-likeness (QED) is 0.728. The van der Waals surface area contributed by atoms with Gasteiger partial charge in [0.15, 0.2) is 0 Å². The molecular formula is C12H19N3. The van der Waals surface area contributed by atoms with Crippen LogP contribution in [0, 0.1) is 0 Å². The summed E-state index contributed by atoms with van der Waals surface area (Å²) >= 11 is 0. The van der Waals surface area contributed by atoms with Gasteiger partial charge in [0.2, 0.25) is 0 Å². The third-order valence-electron chi connectivity index (χ3n) is 2.87. The topological polar surface area (TPSA) is 41.3 Å². The van der Waals surface area contributed by atoms with E-state index in [1.54, 1.807) is 0 Å². The van der Waals surface area contributed by atoms with Crippen molar-refractivity contribution in [3.05, 3.63) is 29.3 Å². The SMILES string of the molecule is CCc1ccc2c(c1)CN(C)CC(N)N2. The van der Waals surface area contributed by atoms with Crippen molar-refractivity contribution in [2.45, 2.75) is 26.1 Å². The van der Waals surface area contributed by atoms with Crippen molar-refractivity contribution in [1.82, 2.24) is 4.90 Å². The summed E-state index contributed by atoms with van der Waals surface area (Å²) in [5.74, 6) is 0. The van der Waals surface area contributed by atoms with Gasteiger partial charge in [-0.15, -0.1) is 0 Å². The highest BCUT2D eigenvalue weighted by Gasteiger charge is 2.15. The Bertz CT molecular complexity index is 349. The molecule has 0 radical (unpaired) electrons. The van der Waals surface area contributed by atoms with Gasteiger partial charge in [0.05, 0.1) is 6.17 Å². The number of anilines is 1. The molecule has 1 aromatic rings. The van der Waals surface area contributed by atoms with Gasteiger partial charge in [0.1, 0.15) is 0 Å². The first-order valence-corrected chi connectivity index (χ1v) is 5.51. The van der Waals surface area contributed by atoms with E-state index in [4.69, 9.17) is 5.73 Å². The van der Waals surface area contributed by atoms with E-state index in [2.05, 4.69) is 42.4 Å². The Hall–Kier alpha value is -1.06. The monoisotopic (exact) mass is 205 g/mol. The molecule has 1 unspecified atom stereocenters. The van der Waals surface area contributed by atoms with Crippen molar-refractivity contribution in [3.8, 4) is 0 Å². The second kappa shape index (κ2) is 4.21. The Morgan fingerprint density at radius 3 is 3.07 bits per heavy atom. The molecule has 2 rings (SSSR count). The fourth-order valence-electron chi connectivity index (χ4n) is 2.08. The van der Waals surface area contributed by atoms with E-state index in [9.17, 15) is 0 Å². The van der Waals surface area contributed by atoms with E-state index in [1.165, 1.54) is 16.8 Å². The van der Waals surface area contributed by atoms with Gasteiger partial charge < -0.3 is 11.1 Å². The fourth-order valence-corrected chi connectivity index (χ4v) is 2.08. The molecular weight excluding hydrogens is 186 g/mol. The van der Waals surface area contributed by atoms with Crippen molar-refractivity contribution >= 4 is 5.69 Å². The predicted molar refractivity (Wildman–Crippen MR) is 63.8 cm³/mol. The number of hydrogen-bond donors (Lipinski definition) is 2. The van der Waals surface area contributed by atoms with E-state index in [1.807, 2.05) is 0 Å². The highest BCUT2D eigenvalue weighted by atomic mass is 15.2. The molecule has 0 aliphatic carbocycles. The highest BCUT2D eigenvalue weighted by Crippen LogP contribution is 2.22. The molecule has 0 bridgehead atoms. The lowest BCUT2D eigenvalue weighted by molar-refractivity contribution is 0.320. The first-order chi connectivity index (χ1) is 7.19. The summed E-state index contributed by atoms with van der Waals surface area (Å²) in [4.78, 5) is 2.25. The Labute approximate surface area is 91.3 Å². The number of benzene rings is 1. The lowest BCUT2D eigenvalue weighted by Crippen LogP contribution is -2.38. The number of nitrogens with one attached hydrogen (secondary N) is 1. The summed E-state index contributed by atoms with van der Waals surface area (Å²) in [5, 5.41) is 3.34. The molecule has 1 aromatic carbocycles. The van der Waals surface area contributed by atoms with Gasteiger partial charge in [-0.05, 0) is 30.7 Å². The first kappa shape index (κ1) is 10.5. The zero-order valence-corrected chi connectivity index (χ0v) is 9.46. The van der Waals surface area contributed by atoms with E-state index in [0.717, 1.165) is 19.5 Å². The van der Waals surface area contributed by atoms with Crippen LogP contribution in [0.4, 0.5) is 5.69 Å². The molecule has 0 aromatic heterocycles. The summed E-state index contributed by atoms with van der Waals surface area (Å²) in [7, 11) is 2.11. The van der Waals surface area contributed by atoms with Crippen LogP contribution in [0.5, 0.6) is 0 Å². The van der Waals surface area contributed by atoms with Crippen molar-refractivity contribution in [3.63, 3.8) is 0 Å². The first-order valence-electron chi connectivity index (χ1n) is 5.51. The van der Waals surface area contributed by atoms with Crippen LogP contribution in [0.15, 0.2) is 18.2 Å². The number of hydrogen-bond acceptors (Lipinski definition) is 3. The van der Waals surface area contributed by atoms with Gasteiger partial charge in [-0.1, -0.05) is 19.1 Å². The van der Waals surface area contributed by atoms with Gasteiger partial charge in [-0.2, -0.15) is 0 Å². The molecule has 3 heteroatoms. The zero-order chi connectivity index (χ0) is 10.8. The summed E-state index contributed by atoms with van der Waals surface area (Å²) in [6.45, 7) is 4.04. The van der Waals surface area contributed by atoms with E-state index >= 15 is 0 Å². The molecule has 1 aliphatic rings. The van der Waals surface area contributed by atoms with Crippen LogP contribution in [0.2, 0.25) is 0 Å². The lowest BCUT2D eigenvalue weighted by Gasteiger charge is -2.16. The van der Waals surface area contributed by atoms with Crippen LogP contribution in [0.1, 0.15) is 18.1 Å². The minimum Gasteiger partial charge on any atom is -0.369 e. The van der Waals surface area contributed by atoms with Gasteiger partial charge in [0, 0.05) is 18.8 Å². The normalized spacial score (nSPS) is 21.7. The van der Waals surface area contributed by atoms with Crippen LogP contribution in [-0.4, -0.2) is 24.7 Å². The molecule has 0 saturated carbocycles. The van der Waals surface area contributed by atoms with Crippen LogP contribution in [0.3, 0.4) is 0 Å². The standard InChI is InChI=1S/C12H19N3/c1-3-9-4-5-11-10(6-9)7-15(2)8-12(13)14-11/h4-6,12,14H,3,7-8,13H2,1-2H3. The number of fused-ring (bicyclic) bond motifs is 1. The number of aryl methyl sites for hydroxylation is 1. The predicted octanol–water partition coefficient (Wildman–Crippen LogP) is 1.39. The Kier molecular flexibility index (Phi) is 2.93. The van der Waals surface area contributed by atoms with Gasteiger partial charge in [-0.3, -0.25) is 4.90 Å². The summed E-state index contributed by atoms with van der Waals surface area (Å²) in [5.41, 5.74) is 9.88. The molecule has 3 N–H and O–H groups in total. The zero-order valence-electron chi connectivity index (χ0n) is 9.46. The number of rotatable bonds is 1. The maximum atomic E-state index is 5.96.